The second kappa shape index (κ2) is 7.43. The van der Waals surface area contributed by atoms with E-state index in [9.17, 15) is 4.39 Å². The molecule has 2 aromatic carbocycles. The minimum Gasteiger partial charge on any atom is -0.496 e. The van der Waals surface area contributed by atoms with Crippen LogP contribution in [0.3, 0.4) is 0 Å². The van der Waals surface area contributed by atoms with E-state index in [4.69, 9.17) is 16.3 Å². The SMILES string of the molecule is CCNC(Cc1ccccc1OC)c1c(F)cccc1Cl. The van der Waals surface area contributed by atoms with E-state index < -0.39 is 0 Å². The molecule has 0 aliphatic heterocycles. The number of hydrogen-bond donors (Lipinski definition) is 1. The molecule has 112 valence electrons. The molecule has 2 nitrogen and oxygen atoms in total. The van der Waals surface area contributed by atoms with Gasteiger partial charge in [-0.1, -0.05) is 42.8 Å². The van der Waals surface area contributed by atoms with E-state index in [1.165, 1.54) is 6.07 Å². The zero-order valence-electron chi connectivity index (χ0n) is 12.2. The molecular formula is C17H19ClFNO. The highest BCUT2D eigenvalue weighted by molar-refractivity contribution is 6.31. The van der Waals surface area contributed by atoms with Gasteiger partial charge in [-0.05, 0) is 36.7 Å². The van der Waals surface area contributed by atoms with E-state index in [2.05, 4.69) is 5.32 Å². The Morgan fingerprint density at radius 1 is 1.19 bits per heavy atom. The van der Waals surface area contributed by atoms with Crippen molar-refractivity contribution in [1.29, 1.82) is 0 Å². The Morgan fingerprint density at radius 2 is 1.95 bits per heavy atom. The molecule has 1 atom stereocenters. The van der Waals surface area contributed by atoms with Crippen LogP contribution in [0.5, 0.6) is 5.75 Å². The van der Waals surface area contributed by atoms with Gasteiger partial charge in [-0.3, -0.25) is 0 Å². The largest absolute Gasteiger partial charge is 0.496 e. The smallest absolute Gasteiger partial charge is 0.129 e. The first-order valence-electron chi connectivity index (χ1n) is 6.96. The van der Waals surface area contributed by atoms with Gasteiger partial charge in [0, 0.05) is 16.6 Å². The summed E-state index contributed by atoms with van der Waals surface area (Å²) in [7, 11) is 1.64. The van der Waals surface area contributed by atoms with E-state index in [1.54, 1.807) is 19.2 Å². The fourth-order valence-electron chi connectivity index (χ4n) is 2.46. The normalized spacial score (nSPS) is 12.2. The van der Waals surface area contributed by atoms with Crippen LogP contribution in [0, 0.1) is 5.82 Å². The average Bonchev–Trinajstić information content (AvgIpc) is 2.48. The number of halogens is 2. The molecule has 0 aliphatic carbocycles. The first-order chi connectivity index (χ1) is 10.2. The van der Waals surface area contributed by atoms with Gasteiger partial charge in [-0.15, -0.1) is 0 Å². The third kappa shape index (κ3) is 3.74. The van der Waals surface area contributed by atoms with Crippen LogP contribution in [0.4, 0.5) is 4.39 Å². The van der Waals surface area contributed by atoms with Gasteiger partial charge in [0.1, 0.15) is 11.6 Å². The van der Waals surface area contributed by atoms with E-state index in [0.717, 1.165) is 17.9 Å². The number of methoxy groups -OCH3 is 1. The number of likely N-dealkylation sites (N-methyl/N-ethyl adjacent to an activating group) is 1. The van der Waals surface area contributed by atoms with Crippen molar-refractivity contribution in [3.8, 4) is 5.75 Å². The van der Waals surface area contributed by atoms with Gasteiger partial charge in [0.2, 0.25) is 0 Å². The Balaban J connectivity index is 2.36. The van der Waals surface area contributed by atoms with Crippen molar-refractivity contribution in [2.45, 2.75) is 19.4 Å². The van der Waals surface area contributed by atoms with Crippen molar-refractivity contribution < 1.29 is 9.13 Å². The van der Waals surface area contributed by atoms with Crippen LogP contribution in [-0.2, 0) is 6.42 Å². The van der Waals surface area contributed by atoms with Crippen LogP contribution in [-0.4, -0.2) is 13.7 Å². The first-order valence-corrected chi connectivity index (χ1v) is 7.34. The number of hydrogen-bond acceptors (Lipinski definition) is 2. The number of rotatable bonds is 6. The third-order valence-electron chi connectivity index (χ3n) is 3.42. The second-order valence-corrected chi connectivity index (χ2v) is 5.17. The van der Waals surface area contributed by atoms with Crippen LogP contribution >= 0.6 is 11.6 Å². The summed E-state index contributed by atoms with van der Waals surface area (Å²) in [5.41, 5.74) is 1.53. The maximum Gasteiger partial charge on any atom is 0.129 e. The molecule has 0 bridgehead atoms. The molecule has 0 aliphatic rings. The molecule has 0 fully saturated rings. The molecule has 1 unspecified atom stereocenters. The Hall–Kier alpha value is -1.58. The topological polar surface area (TPSA) is 21.3 Å². The van der Waals surface area contributed by atoms with Crippen molar-refractivity contribution in [2.24, 2.45) is 0 Å². The van der Waals surface area contributed by atoms with Crippen LogP contribution < -0.4 is 10.1 Å². The van der Waals surface area contributed by atoms with Gasteiger partial charge in [-0.25, -0.2) is 4.39 Å². The van der Waals surface area contributed by atoms with Crippen molar-refractivity contribution in [2.75, 3.05) is 13.7 Å². The Bertz CT molecular complexity index is 583. The molecule has 0 aromatic heterocycles. The van der Waals surface area contributed by atoms with Gasteiger partial charge in [0.15, 0.2) is 0 Å². The van der Waals surface area contributed by atoms with E-state index in [-0.39, 0.29) is 11.9 Å². The summed E-state index contributed by atoms with van der Waals surface area (Å²) < 4.78 is 19.5. The molecule has 2 rings (SSSR count). The summed E-state index contributed by atoms with van der Waals surface area (Å²) in [4.78, 5) is 0. The summed E-state index contributed by atoms with van der Waals surface area (Å²) in [5.74, 6) is 0.510. The summed E-state index contributed by atoms with van der Waals surface area (Å²) in [6.07, 6.45) is 0.610. The molecule has 21 heavy (non-hydrogen) atoms. The predicted molar refractivity (Wildman–Crippen MR) is 84.5 cm³/mol. The lowest BCUT2D eigenvalue weighted by Gasteiger charge is -2.21. The van der Waals surface area contributed by atoms with Crippen LogP contribution in [0.25, 0.3) is 0 Å². The highest BCUT2D eigenvalue weighted by Crippen LogP contribution is 2.30. The zero-order chi connectivity index (χ0) is 15.2. The Morgan fingerprint density at radius 3 is 2.62 bits per heavy atom. The van der Waals surface area contributed by atoms with Gasteiger partial charge in [0.05, 0.1) is 7.11 Å². The monoisotopic (exact) mass is 307 g/mol. The molecule has 2 aromatic rings. The van der Waals surface area contributed by atoms with Gasteiger partial charge in [-0.2, -0.15) is 0 Å². The highest BCUT2D eigenvalue weighted by atomic mass is 35.5. The average molecular weight is 308 g/mol. The summed E-state index contributed by atoms with van der Waals surface area (Å²) in [6.45, 7) is 2.72. The molecular weight excluding hydrogens is 289 g/mol. The molecule has 0 amide bonds. The van der Waals surface area contributed by atoms with Crippen LogP contribution in [0.15, 0.2) is 42.5 Å². The molecule has 0 heterocycles. The first kappa shape index (κ1) is 15.8. The minimum atomic E-state index is -0.289. The molecule has 0 saturated heterocycles. The van der Waals surface area contributed by atoms with Gasteiger partial charge >= 0.3 is 0 Å². The lowest BCUT2D eigenvalue weighted by atomic mass is 9.97. The maximum absolute atomic E-state index is 14.2. The van der Waals surface area contributed by atoms with E-state index in [1.807, 2.05) is 31.2 Å². The van der Waals surface area contributed by atoms with Crippen molar-refractivity contribution >= 4 is 11.6 Å². The maximum atomic E-state index is 14.2. The fourth-order valence-corrected chi connectivity index (χ4v) is 2.75. The predicted octanol–water partition coefficient (Wildman–Crippen LogP) is 4.38. The number of ether oxygens (including phenoxy) is 1. The Labute approximate surface area is 129 Å². The van der Waals surface area contributed by atoms with E-state index in [0.29, 0.717) is 17.0 Å². The molecule has 0 spiro atoms. The number of benzene rings is 2. The zero-order valence-corrected chi connectivity index (χ0v) is 13.0. The lowest BCUT2D eigenvalue weighted by molar-refractivity contribution is 0.405. The highest BCUT2D eigenvalue weighted by Gasteiger charge is 2.20. The fraction of sp³-hybridized carbons (Fsp3) is 0.294. The van der Waals surface area contributed by atoms with Crippen molar-refractivity contribution in [3.05, 3.63) is 64.4 Å². The van der Waals surface area contributed by atoms with E-state index >= 15 is 0 Å². The van der Waals surface area contributed by atoms with Crippen molar-refractivity contribution in [3.63, 3.8) is 0 Å². The van der Waals surface area contributed by atoms with Crippen molar-refractivity contribution in [1.82, 2.24) is 5.32 Å². The number of nitrogens with one attached hydrogen (secondary N) is 1. The lowest BCUT2D eigenvalue weighted by Crippen LogP contribution is -2.24. The standard InChI is InChI=1S/C17H19ClFNO/c1-3-20-15(17-13(18)8-6-9-14(17)19)11-12-7-4-5-10-16(12)21-2/h4-10,15,20H,3,11H2,1-2H3. The summed E-state index contributed by atoms with van der Waals surface area (Å²) >= 11 is 6.19. The third-order valence-corrected chi connectivity index (χ3v) is 3.74. The van der Waals surface area contributed by atoms with Crippen LogP contribution in [0.2, 0.25) is 5.02 Å². The Kier molecular flexibility index (Phi) is 5.59. The molecule has 4 heteroatoms. The minimum absolute atomic E-state index is 0.194. The second-order valence-electron chi connectivity index (χ2n) is 4.76. The summed E-state index contributed by atoms with van der Waals surface area (Å²) in [6, 6.07) is 12.3. The van der Waals surface area contributed by atoms with Crippen LogP contribution in [0.1, 0.15) is 24.1 Å². The van der Waals surface area contributed by atoms with Gasteiger partial charge in [0.25, 0.3) is 0 Å². The molecule has 0 radical (unpaired) electrons. The number of para-hydroxylation sites is 1. The summed E-state index contributed by atoms with van der Waals surface area (Å²) in [5, 5.41) is 3.74. The quantitative estimate of drug-likeness (QED) is 0.855. The molecule has 0 saturated carbocycles. The van der Waals surface area contributed by atoms with Gasteiger partial charge < -0.3 is 10.1 Å². The molecule has 1 N–H and O–H groups in total.